The zero-order chi connectivity index (χ0) is 7.56. The first-order valence-electron chi connectivity index (χ1n) is 2.57. The van der Waals surface area contributed by atoms with Crippen molar-refractivity contribution in [3.8, 4) is 0 Å². The molecule has 4 nitrogen and oxygen atoms in total. The Morgan fingerprint density at radius 2 is 2.60 bits per heavy atom. The van der Waals surface area contributed by atoms with E-state index >= 15 is 0 Å². The number of nitrogens with one attached hydrogen (secondary N) is 1. The zero-order valence-corrected chi connectivity index (χ0v) is 7.12. The van der Waals surface area contributed by atoms with Crippen LogP contribution in [0.1, 0.15) is 16.2 Å². The third-order valence-corrected chi connectivity index (χ3v) is 1.82. The lowest BCUT2D eigenvalue weighted by Gasteiger charge is -1.79. The van der Waals surface area contributed by atoms with Gasteiger partial charge in [0.05, 0.1) is 0 Å². The molecule has 0 unspecified atom stereocenters. The minimum Gasteiger partial charge on any atom is -0.476 e. The average Bonchev–Trinajstić information content (AvgIpc) is 2.34. The maximum Gasteiger partial charge on any atom is 0.356 e. The molecule has 5 heteroatoms. The lowest BCUT2D eigenvalue weighted by molar-refractivity contribution is 0.0690. The molecule has 0 bridgehead atoms. The van der Waals surface area contributed by atoms with Gasteiger partial charge in [-0.3, -0.25) is 5.10 Å². The fraction of sp³-hybridized carbons (Fsp3) is 0.200. The van der Waals surface area contributed by atoms with E-state index in [0.717, 1.165) is 10.1 Å². The van der Waals surface area contributed by atoms with Gasteiger partial charge >= 0.3 is 5.97 Å². The molecule has 0 aliphatic heterocycles. The lowest BCUT2D eigenvalue weighted by Crippen LogP contribution is -1.95. The van der Waals surface area contributed by atoms with Gasteiger partial charge in [0.15, 0.2) is 5.69 Å². The molecule has 0 radical (unpaired) electrons. The SMILES string of the molecule is O=C(O)c1cc(CI)[nH]n1. The molecule has 10 heavy (non-hydrogen) atoms. The van der Waals surface area contributed by atoms with Gasteiger partial charge in [-0.25, -0.2) is 4.79 Å². The van der Waals surface area contributed by atoms with Gasteiger partial charge < -0.3 is 5.11 Å². The topological polar surface area (TPSA) is 66.0 Å². The molecular formula is C5H5IN2O2. The number of aromatic nitrogens is 2. The van der Waals surface area contributed by atoms with E-state index in [0.29, 0.717) is 0 Å². The van der Waals surface area contributed by atoms with E-state index in [-0.39, 0.29) is 5.69 Å². The summed E-state index contributed by atoms with van der Waals surface area (Å²) in [5.74, 6) is -0.993. The summed E-state index contributed by atoms with van der Waals surface area (Å²) >= 11 is 2.13. The second-order valence-corrected chi connectivity index (χ2v) is 2.48. The van der Waals surface area contributed by atoms with E-state index < -0.39 is 5.97 Å². The summed E-state index contributed by atoms with van der Waals surface area (Å²) in [5, 5.41) is 14.6. The highest BCUT2D eigenvalue weighted by Crippen LogP contribution is 2.03. The van der Waals surface area contributed by atoms with Crippen molar-refractivity contribution in [2.45, 2.75) is 4.43 Å². The smallest absolute Gasteiger partial charge is 0.356 e. The Morgan fingerprint density at radius 3 is 2.90 bits per heavy atom. The Morgan fingerprint density at radius 1 is 1.90 bits per heavy atom. The van der Waals surface area contributed by atoms with Crippen LogP contribution in [0.3, 0.4) is 0 Å². The number of halogens is 1. The number of rotatable bonds is 2. The molecule has 0 aromatic carbocycles. The van der Waals surface area contributed by atoms with Gasteiger partial charge in [0, 0.05) is 10.1 Å². The van der Waals surface area contributed by atoms with Gasteiger partial charge in [-0.05, 0) is 6.07 Å². The Kier molecular flexibility index (Phi) is 2.25. The van der Waals surface area contributed by atoms with Gasteiger partial charge in [0.25, 0.3) is 0 Å². The molecule has 0 spiro atoms. The Hall–Kier alpha value is -0.590. The quantitative estimate of drug-likeness (QED) is 0.610. The molecule has 0 saturated carbocycles. The maximum atomic E-state index is 10.2. The van der Waals surface area contributed by atoms with Crippen molar-refractivity contribution in [3.05, 3.63) is 17.5 Å². The first-order chi connectivity index (χ1) is 4.74. The minimum absolute atomic E-state index is 0.0756. The van der Waals surface area contributed by atoms with Crippen molar-refractivity contribution in [2.24, 2.45) is 0 Å². The van der Waals surface area contributed by atoms with Crippen LogP contribution >= 0.6 is 22.6 Å². The average molecular weight is 252 g/mol. The zero-order valence-electron chi connectivity index (χ0n) is 4.97. The Bertz CT molecular complexity index is 246. The van der Waals surface area contributed by atoms with Crippen LogP contribution in [0.4, 0.5) is 0 Å². The van der Waals surface area contributed by atoms with E-state index in [4.69, 9.17) is 5.11 Å². The third-order valence-electron chi connectivity index (χ3n) is 0.994. The molecule has 1 rings (SSSR count). The third kappa shape index (κ3) is 1.47. The number of H-pyrrole nitrogens is 1. The van der Waals surface area contributed by atoms with Crippen molar-refractivity contribution >= 4 is 28.6 Å². The summed E-state index contributed by atoms with van der Waals surface area (Å²) in [6, 6.07) is 1.52. The minimum atomic E-state index is -0.993. The van der Waals surface area contributed by atoms with E-state index in [1.54, 1.807) is 0 Å². The summed E-state index contributed by atoms with van der Waals surface area (Å²) in [6.07, 6.45) is 0. The number of aromatic carboxylic acids is 1. The van der Waals surface area contributed by atoms with Crippen molar-refractivity contribution in [2.75, 3.05) is 0 Å². The maximum absolute atomic E-state index is 10.2. The first-order valence-corrected chi connectivity index (χ1v) is 4.10. The predicted molar refractivity (Wildman–Crippen MR) is 43.3 cm³/mol. The largest absolute Gasteiger partial charge is 0.476 e. The molecule has 54 valence electrons. The van der Waals surface area contributed by atoms with Crippen molar-refractivity contribution in [3.63, 3.8) is 0 Å². The van der Waals surface area contributed by atoms with Crippen LogP contribution in [0.5, 0.6) is 0 Å². The standard InChI is InChI=1S/C5H5IN2O2/c6-2-3-1-4(5(9)10)8-7-3/h1H,2H2,(H,7,8)(H,9,10). The molecule has 0 saturated heterocycles. The number of carboxylic acid groups (broad SMARTS) is 1. The number of nitrogens with zero attached hydrogens (tertiary/aromatic N) is 1. The van der Waals surface area contributed by atoms with E-state index in [9.17, 15) is 4.79 Å². The molecule has 0 aliphatic carbocycles. The molecule has 0 atom stereocenters. The first kappa shape index (κ1) is 7.52. The molecule has 1 aromatic rings. The number of alkyl halides is 1. The van der Waals surface area contributed by atoms with Crippen LogP contribution in [-0.4, -0.2) is 21.3 Å². The summed E-state index contributed by atoms with van der Waals surface area (Å²) in [7, 11) is 0. The monoisotopic (exact) mass is 252 g/mol. The fourth-order valence-electron chi connectivity index (χ4n) is 0.540. The summed E-state index contributed by atoms with van der Waals surface area (Å²) in [5.41, 5.74) is 0.907. The highest BCUT2D eigenvalue weighted by molar-refractivity contribution is 14.1. The van der Waals surface area contributed by atoms with Crippen LogP contribution in [-0.2, 0) is 4.43 Å². The van der Waals surface area contributed by atoms with Crippen LogP contribution in [0.25, 0.3) is 0 Å². The highest BCUT2D eigenvalue weighted by atomic mass is 127. The number of carboxylic acids is 1. The summed E-state index contributed by atoms with van der Waals surface area (Å²) in [4.78, 5) is 10.2. The second kappa shape index (κ2) is 3.00. The Labute approximate surface area is 70.8 Å². The second-order valence-electron chi connectivity index (χ2n) is 1.72. The van der Waals surface area contributed by atoms with Gasteiger partial charge in [-0.15, -0.1) is 0 Å². The number of aromatic amines is 1. The summed E-state index contributed by atoms with van der Waals surface area (Å²) in [6.45, 7) is 0. The number of hydrogen-bond acceptors (Lipinski definition) is 2. The normalized spacial score (nSPS) is 9.70. The van der Waals surface area contributed by atoms with Crippen LogP contribution in [0, 0.1) is 0 Å². The molecule has 1 heterocycles. The summed E-state index contributed by atoms with van der Waals surface area (Å²) < 4.78 is 0.748. The van der Waals surface area contributed by atoms with Gasteiger partial charge in [-0.1, -0.05) is 22.6 Å². The molecule has 2 N–H and O–H groups in total. The van der Waals surface area contributed by atoms with Crippen LogP contribution in [0.2, 0.25) is 0 Å². The van der Waals surface area contributed by atoms with Gasteiger partial charge in [0.1, 0.15) is 0 Å². The van der Waals surface area contributed by atoms with Crippen LogP contribution in [0.15, 0.2) is 6.07 Å². The molecule has 1 aromatic heterocycles. The predicted octanol–water partition coefficient (Wildman–Crippen LogP) is 1.04. The molecule has 0 fully saturated rings. The van der Waals surface area contributed by atoms with Crippen molar-refractivity contribution in [1.82, 2.24) is 10.2 Å². The van der Waals surface area contributed by atoms with E-state index in [1.165, 1.54) is 6.07 Å². The van der Waals surface area contributed by atoms with E-state index in [1.807, 2.05) is 0 Å². The van der Waals surface area contributed by atoms with Gasteiger partial charge in [-0.2, -0.15) is 5.10 Å². The van der Waals surface area contributed by atoms with Crippen molar-refractivity contribution < 1.29 is 9.90 Å². The van der Waals surface area contributed by atoms with Gasteiger partial charge in [0.2, 0.25) is 0 Å². The number of carbonyl (C=O) groups is 1. The number of hydrogen-bond donors (Lipinski definition) is 2. The molecule has 0 aliphatic rings. The lowest BCUT2D eigenvalue weighted by atomic mass is 10.4. The van der Waals surface area contributed by atoms with E-state index in [2.05, 4.69) is 32.8 Å². The Balaban J connectivity index is 2.88. The van der Waals surface area contributed by atoms with Crippen LogP contribution < -0.4 is 0 Å². The highest BCUT2D eigenvalue weighted by Gasteiger charge is 2.05. The fourth-order valence-corrected chi connectivity index (χ4v) is 0.930. The molecule has 0 amide bonds. The molecular weight excluding hydrogens is 247 g/mol. The van der Waals surface area contributed by atoms with Crippen molar-refractivity contribution in [1.29, 1.82) is 0 Å².